The van der Waals surface area contributed by atoms with Crippen LogP contribution in [0.5, 0.6) is 0 Å². The van der Waals surface area contributed by atoms with Crippen LogP contribution < -0.4 is 4.73 Å². The minimum atomic E-state index is 0.869. The Hall–Kier alpha value is -1.16. The molecule has 0 aromatic carbocycles. The smallest absolute Gasteiger partial charge is 0.249 e. The standard InChI is InChI=1S/C9H11N2OS/c1-5-6(2)11(12)4-8-9(5)13-7(3)10-8/h4,12H,1-3H3/q+1. The first kappa shape index (κ1) is 8.44. The average molecular weight is 195 g/mol. The van der Waals surface area contributed by atoms with E-state index in [-0.39, 0.29) is 0 Å². The number of hydrogen-bond donors (Lipinski definition) is 1. The number of pyridine rings is 1. The molecule has 0 aliphatic rings. The predicted molar refractivity (Wildman–Crippen MR) is 51.2 cm³/mol. The van der Waals surface area contributed by atoms with Gasteiger partial charge in [0.05, 0.1) is 9.71 Å². The lowest BCUT2D eigenvalue weighted by molar-refractivity contribution is -0.908. The summed E-state index contributed by atoms with van der Waals surface area (Å²) >= 11 is 1.67. The molecule has 0 saturated carbocycles. The van der Waals surface area contributed by atoms with E-state index in [1.165, 1.54) is 4.70 Å². The summed E-state index contributed by atoms with van der Waals surface area (Å²) < 4.78 is 2.30. The lowest BCUT2D eigenvalue weighted by atomic mass is 10.2. The molecule has 0 aliphatic heterocycles. The van der Waals surface area contributed by atoms with E-state index >= 15 is 0 Å². The molecule has 2 aromatic rings. The maximum Gasteiger partial charge on any atom is 0.249 e. The molecule has 0 spiro atoms. The highest BCUT2D eigenvalue weighted by Crippen LogP contribution is 2.24. The van der Waals surface area contributed by atoms with Crippen molar-refractivity contribution in [1.82, 2.24) is 4.98 Å². The van der Waals surface area contributed by atoms with Gasteiger partial charge in [0.25, 0.3) is 0 Å². The second kappa shape index (κ2) is 2.67. The zero-order valence-electron chi connectivity index (χ0n) is 7.83. The van der Waals surface area contributed by atoms with Gasteiger partial charge in [0.15, 0.2) is 5.52 Å². The van der Waals surface area contributed by atoms with Crippen molar-refractivity contribution in [3.8, 4) is 0 Å². The number of aromatic nitrogens is 2. The van der Waals surface area contributed by atoms with Gasteiger partial charge in [0.1, 0.15) is 0 Å². The minimum Gasteiger partial charge on any atom is -0.285 e. The van der Waals surface area contributed by atoms with E-state index in [2.05, 4.69) is 4.98 Å². The van der Waals surface area contributed by atoms with Gasteiger partial charge < -0.3 is 0 Å². The van der Waals surface area contributed by atoms with Gasteiger partial charge in [-0.1, -0.05) is 0 Å². The number of aryl methyl sites for hydroxylation is 2. The van der Waals surface area contributed by atoms with E-state index in [0.29, 0.717) is 0 Å². The summed E-state index contributed by atoms with van der Waals surface area (Å²) in [7, 11) is 0. The Morgan fingerprint density at radius 2 is 2.08 bits per heavy atom. The fourth-order valence-electron chi connectivity index (χ4n) is 1.35. The van der Waals surface area contributed by atoms with Gasteiger partial charge >= 0.3 is 0 Å². The first-order valence-electron chi connectivity index (χ1n) is 4.08. The van der Waals surface area contributed by atoms with Crippen molar-refractivity contribution < 1.29 is 9.94 Å². The quantitative estimate of drug-likeness (QED) is 0.513. The Balaban J connectivity index is 2.92. The maximum absolute atomic E-state index is 9.49. The van der Waals surface area contributed by atoms with Gasteiger partial charge in [-0.25, -0.2) is 4.98 Å². The third-order valence-electron chi connectivity index (χ3n) is 2.23. The molecule has 0 bridgehead atoms. The third-order valence-corrected chi connectivity index (χ3v) is 3.34. The average Bonchev–Trinajstić information content (AvgIpc) is 2.42. The predicted octanol–water partition coefficient (Wildman–Crippen LogP) is 1.75. The van der Waals surface area contributed by atoms with E-state index in [0.717, 1.165) is 26.5 Å². The summed E-state index contributed by atoms with van der Waals surface area (Å²) in [5.74, 6) is 0. The first-order chi connectivity index (χ1) is 6.09. The van der Waals surface area contributed by atoms with Crippen LogP contribution in [0.3, 0.4) is 0 Å². The summed E-state index contributed by atoms with van der Waals surface area (Å²) in [6.45, 7) is 5.87. The van der Waals surface area contributed by atoms with Crippen LogP contribution in [0.4, 0.5) is 0 Å². The molecule has 2 rings (SSSR count). The monoisotopic (exact) mass is 195 g/mol. The lowest BCUT2D eigenvalue weighted by Gasteiger charge is -1.94. The van der Waals surface area contributed by atoms with Crippen LogP contribution in [0.1, 0.15) is 16.3 Å². The summed E-state index contributed by atoms with van der Waals surface area (Å²) in [5, 5.41) is 10.5. The molecular formula is C9H11N2OS+. The summed E-state index contributed by atoms with van der Waals surface area (Å²) in [4.78, 5) is 4.31. The zero-order valence-corrected chi connectivity index (χ0v) is 8.64. The largest absolute Gasteiger partial charge is 0.285 e. The molecule has 0 aliphatic carbocycles. The highest BCUT2D eigenvalue weighted by molar-refractivity contribution is 7.18. The van der Waals surface area contributed by atoms with Gasteiger partial charge in [-0.2, -0.15) is 0 Å². The van der Waals surface area contributed by atoms with Gasteiger partial charge in [0, 0.05) is 17.2 Å². The van der Waals surface area contributed by atoms with Crippen molar-refractivity contribution in [3.05, 3.63) is 22.5 Å². The van der Waals surface area contributed by atoms with Crippen molar-refractivity contribution in [3.63, 3.8) is 0 Å². The van der Waals surface area contributed by atoms with Crippen LogP contribution >= 0.6 is 11.3 Å². The van der Waals surface area contributed by atoms with Gasteiger partial charge in [-0.3, -0.25) is 5.21 Å². The van der Waals surface area contributed by atoms with Crippen molar-refractivity contribution in [2.75, 3.05) is 0 Å². The lowest BCUT2D eigenvalue weighted by Crippen LogP contribution is -2.33. The van der Waals surface area contributed by atoms with Crippen molar-refractivity contribution in [2.45, 2.75) is 20.8 Å². The number of fused-ring (bicyclic) bond motifs is 1. The SMILES string of the molecule is Cc1nc2c[n+](O)c(C)c(C)c2s1. The van der Waals surface area contributed by atoms with Gasteiger partial charge in [-0.15, -0.1) is 11.3 Å². The molecule has 3 nitrogen and oxygen atoms in total. The van der Waals surface area contributed by atoms with Crippen LogP contribution in [0, 0.1) is 20.8 Å². The number of nitrogens with zero attached hydrogens (tertiary/aromatic N) is 2. The zero-order chi connectivity index (χ0) is 9.59. The summed E-state index contributed by atoms with van der Waals surface area (Å²) in [5.41, 5.74) is 2.84. The molecule has 4 heteroatoms. The fourth-order valence-corrected chi connectivity index (χ4v) is 2.29. The molecule has 2 heterocycles. The molecule has 68 valence electrons. The molecule has 13 heavy (non-hydrogen) atoms. The van der Waals surface area contributed by atoms with Crippen LogP contribution in [-0.4, -0.2) is 10.2 Å². The van der Waals surface area contributed by atoms with E-state index in [9.17, 15) is 5.21 Å². The van der Waals surface area contributed by atoms with Crippen LogP contribution in [-0.2, 0) is 0 Å². The number of rotatable bonds is 0. The molecule has 0 atom stereocenters. The molecule has 0 fully saturated rings. The Labute approximate surface area is 80.2 Å². The first-order valence-corrected chi connectivity index (χ1v) is 4.89. The second-order valence-corrected chi connectivity index (χ2v) is 4.33. The van der Waals surface area contributed by atoms with Crippen molar-refractivity contribution >= 4 is 21.6 Å². The number of hydrogen-bond acceptors (Lipinski definition) is 3. The normalized spacial score (nSPS) is 11.0. The Morgan fingerprint density at radius 3 is 2.77 bits per heavy atom. The second-order valence-electron chi connectivity index (χ2n) is 3.13. The van der Waals surface area contributed by atoms with E-state index in [1.807, 2.05) is 20.8 Å². The molecule has 0 unspecified atom stereocenters. The van der Waals surface area contributed by atoms with Crippen LogP contribution in [0.15, 0.2) is 6.20 Å². The van der Waals surface area contributed by atoms with Gasteiger partial charge in [0.2, 0.25) is 11.9 Å². The van der Waals surface area contributed by atoms with E-state index < -0.39 is 0 Å². The van der Waals surface area contributed by atoms with Crippen LogP contribution in [0.25, 0.3) is 10.2 Å². The Bertz CT molecular complexity index is 476. The topological polar surface area (TPSA) is 37.0 Å². The van der Waals surface area contributed by atoms with Gasteiger partial charge in [-0.05, 0) is 13.8 Å². The van der Waals surface area contributed by atoms with Crippen molar-refractivity contribution in [1.29, 1.82) is 0 Å². The molecular weight excluding hydrogens is 184 g/mol. The van der Waals surface area contributed by atoms with Crippen LogP contribution in [0.2, 0.25) is 0 Å². The third kappa shape index (κ3) is 1.18. The molecule has 0 saturated heterocycles. The molecule has 2 aromatic heterocycles. The van der Waals surface area contributed by atoms with Crippen molar-refractivity contribution in [2.24, 2.45) is 0 Å². The molecule has 0 radical (unpaired) electrons. The maximum atomic E-state index is 9.49. The molecule has 0 amide bonds. The van der Waals surface area contributed by atoms with E-state index in [4.69, 9.17) is 0 Å². The summed E-state index contributed by atoms with van der Waals surface area (Å²) in [6.07, 6.45) is 1.65. The highest BCUT2D eigenvalue weighted by atomic mass is 32.1. The van der Waals surface area contributed by atoms with E-state index in [1.54, 1.807) is 17.5 Å². The molecule has 1 N–H and O–H groups in total. The highest BCUT2D eigenvalue weighted by Gasteiger charge is 2.15. The minimum absolute atomic E-state index is 0.869. The number of thiazole rings is 1. The summed E-state index contributed by atoms with van der Waals surface area (Å²) in [6, 6.07) is 0. The Morgan fingerprint density at radius 1 is 1.38 bits per heavy atom. The Kier molecular flexibility index (Phi) is 1.73. The fraction of sp³-hybridized carbons (Fsp3) is 0.333.